The molecule has 0 bridgehead atoms. The third kappa shape index (κ3) is 2.86. The molecule has 0 fully saturated rings. The van der Waals surface area contributed by atoms with Crippen molar-refractivity contribution in [2.45, 2.75) is 6.18 Å². The van der Waals surface area contributed by atoms with Crippen LogP contribution in [0.25, 0.3) is 5.83 Å². The van der Waals surface area contributed by atoms with Crippen LogP contribution in [0.15, 0.2) is 28.8 Å². The predicted octanol–water partition coefficient (Wildman–Crippen LogP) is 4.78. The molecule has 1 rings (SSSR count). The van der Waals surface area contributed by atoms with E-state index in [-0.39, 0.29) is 0 Å². The lowest BCUT2D eigenvalue weighted by molar-refractivity contribution is -0.137. The van der Waals surface area contributed by atoms with Gasteiger partial charge >= 0.3 is 6.18 Å². The molecule has 15 heavy (non-hydrogen) atoms. The van der Waals surface area contributed by atoms with E-state index in [9.17, 15) is 17.6 Å². The average molecular weight is 259 g/mol. The monoisotopic (exact) mass is 258 g/mol. The molecule has 82 valence electrons. The Labute approximate surface area is 93.1 Å². The largest absolute Gasteiger partial charge is 0.417 e. The van der Waals surface area contributed by atoms with E-state index in [2.05, 4.69) is 0 Å². The number of hydrogen-bond donors (Lipinski definition) is 0. The first-order chi connectivity index (χ1) is 6.84. The second-order valence-corrected chi connectivity index (χ2v) is 3.57. The van der Waals surface area contributed by atoms with Gasteiger partial charge in [0.1, 0.15) is 4.49 Å². The molecule has 0 amide bonds. The summed E-state index contributed by atoms with van der Waals surface area (Å²) in [6, 6.07) is 4.14. The molecule has 0 nitrogen and oxygen atoms in total. The molecule has 0 saturated carbocycles. The van der Waals surface area contributed by atoms with Crippen LogP contribution in [0, 0.1) is 0 Å². The minimum Gasteiger partial charge on any atom is -0.204 e. The molecule has 0 aliphatic rings. The van der Waals surface area contributed by atoms with Gasteiger partial charge in [-0.2, -0.15) is 13.2 Å². The van der Waals surface area contributed by atoms with Crippen molar-refractivity contribution >= 4 is 29.0 Å². The Morgan fingerprint density at radius 1 is 1.07 bits per heavy atom. The van der Waals surface area contributed by atoms with Crippen LogP contribution in [0.4, 0.5) is 17.6 Å². The quantitative estimate of drug-likeness (QED) is 0.636. The number of benzene rings is 1. The zero-order valence-electron chi connectivity index (χ0n) is 7.08. The van der Waals surface area contributed by atoms with Crippen molar-refractivity contribution in [1.29, 1.82) is 0 Å². The summed E-state index contributed by atoms with van der Waals surface area (Å²) in [4.78, 5) is 0. The molecule has 0 N–H and O–H groups in total. The Balaban J connectivity index is 3.38. The molecular formula is C9H4Cl2F4. The van der Waals surface area contributed by atoms with Gasteiger partial charge in [0.25, 0.3) is 0 Å². The SMILES string of the molecule is FC(=C(Cl)Cl)c1ccccc1C(F)(F)F. The topological polar surface area (TPSA) is 0 Å². The van der Waals surface area contributed by atoms with E-state index in [1.54, 1.807) is 0 Å². The maximum Gasteiger partial charge on any atom is 0.417 e. The molecule has 0 saturated heterocycles. The number of hydrogen-bond acceptors (Lipinski definition) is 0. The Bertz CT molecular complexity index is 391. The van der Waals surface area contributed by atoms with Crippen LogP contribution in [0.1, 0.15) is 11.1 Å². The second kappa shape index (κ2) is 4.41. The van der Waals surface area contributed by atoms with Crippen LogP contribution in [-0.2, 0) is 6.18 Å². The first-order valence-corrected chi connectivity index (χ1v) is 4.47. The van der Waals surface area contributed by atoms with Gasteiger partial charge in [0.15, 0.2) is 5.83 Å². The fraction of sp³-hybridized carbons (Fsp3) is 0.111. The summed E-state index contributed by atoms with van der Waals surface area (Å²) in [6.07, 6.45) is -4.64. The summed E-state index contributed by atoms with van der Waals surface area (Å²) in [5.41, 5.74) is -1.77. The first-order valence-electron chi connectivity index (χ1n) is 3.71. The van der Waals surface area contributed by atoms with E-state index in [1.807, 2.05) is 0 Å². The van der Waals surface area contributed by atoms with Gasteiger partial charge in [0, 0.05) is 5.56 Å². The molecule has 0 spiro atoms. The molecule has 0 heterocycles. The van der Waals surface area contributed by atoms with Crippen molar-refractivity contribution in [2.24, 2.45) is 0 Å². The van der Waals surface area contributed by atoms with E-state index >= 15 is 0 Å². The van der Waals surface area contributed by atoms with Gasteiger partial charge < -0.3 is 0 Å². The Hall–Kier alpha value is -0.740. The summed E-state index contributed by atoms with van der Waals surface area (Å²) in [6.45, 7) is 0. The lowest BCUT2D eigenvalue weighted by Gasteiger charge is -2.10. The highest BCUT2D eigenvalue weighted by molar-refractivity contribution is 6.58. The Morgan fingerprint density at radius 3 is 2.07 bits per heavy atom. The second-order valence-electron chi connectivity index (χ2n) is 2.62. The highest BCUT2D eigenvalue weighted by Crippen LogP contribution is 2.37. The molecule has 6 heteroatoms. The smallest absolute Gasteiger partial charge is 0.204 e. The van der Waals surface area contributed by atoms with Crippen molar-refractivity contribution < 1.29 is 17.6 Å². The molecule has 0 unspecified atom stereocenters. The van der Waals surface area contributed by atoms with Gasteiger partial charge in [-0.15, -0.1) is 0 Å². The normalized spacial score (nSPS) is 11.3. The average Bonchev–Trinajstić information content (AvgIpc) is 2.15. The van der Waals surface area contributed by atoms with Crippen LogP contribution in [-0.4, -0.2) is 0 Å². The molecule has 0 aromatic heterocycles. The van der Waals surface area contributed by atoms with Gasteiger partial charge in [0.05, 0.1) is 5.56 Å². The van der Waals surface area contributed by atoms with Crippen LogP contribution in [0.2, 0.25) is 0 Å². The van der Waals surface area contributed by atoms with Crippen LogP contribution >= 0.6 is 23.2 Å². The molecule has 0 aliphatic heterocycles. The summed E-state index contributed by atoms with van der Waals surface area (Å²) >= 11 is 10.2. The molecule has 1 aromatic rings. The van der Waals surface area contributed by atoms with E-state index in [0.29, 0.717) is 0 Å². The van der Waals surface area contributed by atoms with Crippen LogP contribution < -0.4 is 0 Å². The minimum atomic E-state index is -4.64. The van der Waals surface area contributed by atoms with Crippen molar-refractivity contribution in [3.63, 3.8) is 0 Å². The van der Waals surface area contributed by atoms with Crippen molar-refractivity contribution in [3.05, 3.63) is 39.9 Å². The highest BCUT2D eigenvalue weighted by atomic mass is 35.5. The van der Waals surface area contributed by atoms with Crippen molar-refractivity contribution in [1.82, 2.24) is 0 Å². The fourth-order valence-electron chi connectivity index (χ4n) is 1.02. The standard InChI is InChI=1S/C9H4Cl2F4/c10-8(11)7(12)5-3-1-2-4-6(5)9(13,14)15/h1-4H. The van der Waals surface area contributed by atoms with E-state index in [4.69, 9.17) is 23.2 Å². The summed E-state index contributed by atoms with van der Waals surface area (Å²) < 4.78 is 49.5. The summed E-state index contributed by atoms with van der Waals surface area (Å²) in [5.74, 6) is -1.29. The maximum absolute atomic E-state index is 13.2. The molecular weight excluding hydrogens is 255 g/mol. The van der Waals surface area contributed by atoms with Gasteiger partial charge in [-0.3, -0.25) is 0 Å². The lowest BCUT2D eigenvalue weighted by atomic mass is 10.1. The van der Waals surface area contributed by atoms with Gasteiger partial charge in [0.2, 0.25) is 0 Å². The van der Waals surface area contributed by atoms with Gasteiger partial charge in [-0.1, -0.05) is 41.4 Å². The maximum atomic E-state index is 13.2. The molecule has 1 aromatic carbocycles. The Kier molecular flexibility index (Phi) is 3.62. The number of halogens is 6. The van der Waals surface area contributed by atoms with E-state index in [1.165, 1.54) is 6.07 Å². The van der Waals surface area contributed by atoms with E-state index in [0.717, 1.165) is 18.2 Å². The third-order valence-electron chi connectivity index (χ3n) is 1.63. The van der Waals surface area contributed by atoms with Crippen LogP contribution in [0.5, 0.6) is 0 Å². The lowest BCUT2D eigenvalue weighted by Crippen LogP contribution is -2.07. The minimum absolute atomic E-state index is 0.662. The van der Waals surface area contributed by atoms with Crippen LogP contribution in [0.3, 0.4) is 0 Å². The number of alkyl halides is 3. The van der Waals surface area contributed by atoms with Crippen molar-refractivity contribution in [3.8, 4) is 0 Å². The summed E-state index contributed by atoms with van der Waals surface area (Å²) in [7, 11) is 0. The number of rotatable bonds is 1. The predicted molar refractivity (Wildman–Crippen MR) is 51.2 cm³/mol. The Morgan fingerprint density at radius 2 is 1.60 bits per heavy atom. The zero-order chi connectivity index (χ0) is 11.6. The van der Waals surface area contributed by atoms with Gasteiger partial charge in [-0.25, -0.2) is 4.39 Å². The molecule has 0 atom stereocenters. The fourth-order valence-corrected chi connectivity index (χ4v) is 1.23. The third-order valence-corrected chi connectivity index (χ3v) is 1.97. The molecule has 0 aliphatic carbocycles. The van der Waals surface area contributed by atoms with E-state index < -0.39 is 27.6 Å². The summed E-state index contributed by atoms with van der Waals surface area (Å²) in [5, 5.41) is 0. The highest BCUT2D eigenvalue weighted by Gasteiger charge is 2.34. The molecule has 0 radical (unpaired) electrons. The first kappa shape index (κ1) is 12.3. The van der Waals surface area contributed by atoms with Gasteiger partial charge in [-0.05, 0) is 6.07 Å². The zero-order valence-corrected chi connectivity index (χ0v) is 8.59. The van der Waals surface area contributed by atoms with Crippen molar-refractivity contribution in [2.75, 3.05) is 0 Å².